The van der Waals surface area contributed by atoms with Gasteiger partial charge in [0.1, 0.15) is 17.1 Å². The highest BCUT2D eigenvalue weighted by Gasteiger charge is 2.53. The third-order valence-electron chi connectivity index (χ3n) is 6.09. The molecule has 0 bridgehead atoms. The van der Waals surface area contributed by atoms with Gasteiger partial charge in [0.15, 0.2) is 0 Å². The summed E-state index contributed by atoms with van der Waals surface area (Å²) >= 11 is 3.62. The maximum atomic E-state index is 10.3. The summed E-state index contributed by atoms with van der Waals surface area (Å²) in [7, 11) is 2.16. The molecule has 2 unspecified atom stereocenters. The fourth-order valence-electron chi connectivity index (χ4n) is 4.62. The zero-order chi connectivity index (χ0) is 22.9. The molecule has 0 spiro atoms. The molecule has 2 aromatic carbocycles. The van der Waals surface area contributed by atoms with Gasteiger partial charge < -0.3 is 20.2 Å². The van der Waals surface area contributed by atoms with Gasteiger partial charge in [0.25, 0.3) is 0 Å². The Morgan fingerprint density at radius 2 is 1.94 bits per heavy atom. The van der Waals surface area contributed by atoms with E-state index in [1.807, 2.05) is 6.07 Å². The van der Waals surface area contributed by atoms with Crippen LogP contribution in [-0.2, 0) is 5.41 Å². The number of hydrogen-bond acceptors (Lipinski definition) is 5. The Morgan fingerprint density at radius 1 is 1.26 bits per heavy atom. The van der Waals surface area contributed by atoms with Crippen molar-refractivity contribution in [2.75, 3.05) is 25.0 Å². The summed E-state index contributed by atoms with van der Waals surface area (Å²) in [5, 5.41) is 27.3. The summed E-state index contributed by atoms with van der Waals surface area (Å²) in [5.41, 5.74) is 3.87. The second kappa shape index (κ2) is 8.93. The topological polar surface area (TPSA) is 84.2 Å². The molecule has 2 heterocycles. The van der Waals surface area contributed by atoms with Crippen molar-refractivity contribution in [2.45, 2.75) is 38.8 Å². The monoisotopic (exact) mass is 488 g/mol. The van der Waals surface area contributed by atoms with Crippen molar-refractivity contribution >= 4 is 27.6 Å². The van der Waals surface area contributed by atoms with E-state index in [1.165, 1.54) is 29.0 Å². The van der Waals surface area contributed by atoms with Gasteiger partial charge in [0, 0.05) is 30.0 Å². The number of phenolic OH excluding ortho intramolecular Hbond substituents is 1. The normalized spacial score (nSPS) is 21.7. The molecular weight excluding hydrogens is 460 g/mol. The molecule has 2 aliphatic heterocycles. The van der Waals surface area contributed by atoms with E-state index < -0.39 is 5.97 Å². The van der Waals surface area contributed by atoms with Gasteiger partial charge in [-0.25, -0.2) is 4.79 Å². The van der Waals surface area contributed by atoms with Gasteiger partial charge >= 0.3 is 5.97 Å². The van der Waals surface area contributed by atoms with Crippen LogP contribution in [0.5, 0.6) is 11.5 Å². The number of likely N-dealkylation sites (tertiary alicyclic amines) is 1. The number of nitrogens with zero attached hydrogens (tertiary/aromatic N) is 2. The number of hydrogen-bond donors (Lipinski definition) is 3. The number of fused-ring (bicyclic) bond motifs is 3. The van der Waals surface area contributed by atoms with Crippen LogP contribution in [0.3, 0.4) is 0 Å². The zero-order valence-corrected chi connectivity index (χ0v) is 19.8. The van der Waals surface area contributed by atoms with Gasteiger partial charge in [-0.1, -0.05) is 30.7 Å². The van der Waals surface area contributed by atoms with E-state index >= 15 is 0 Å². The second-order valence-electron chi connectivity index (χ2n) is 8.57. The van der Waals surface area contributed by atoms with Crippen LogP contribution in [0.2, 0.25) is 0 Å². The maximum Gasteiger partial charge on any atom is 0.339 e. The molecule has 1 fully saturated rings. The first kappa shape index (κ1) is 23.2. The van der Waals surface area contributed by atoms with E-state index in [0.717, 1.165) is 24.0 Å². The molecule has 166 valence electrons. The molecule has 0 aromatic heterocycles. The molecule has 0 amide bonds. The first-order chi connectivity index (χ1) is 14.6. The van der Waals surface area contributed by atoms with Crippen LogP contribution in [0.4, 0.5) is 5.69 Å². The second-order valence-corrected chi connectivity index (χ2v) is 9.43. The summed E-state index contributed by atoms with van der Waals surface area (Å²) in [4.78, 5) is 15.2. The van der Waals surface area contributed by atoms with E-state index in [2.05, 4.69) is 59.6 Å². The number of likely N-dealkylation sites (N-methyl/N-ethyl adjacent to an activating group) is 1. The fourth-order valence-corrected chi connectivity index (χ4v) is 5.35. The Bertz CT molecular complexity index is 1020. The average Bonchev–Trinajstić information content (AvgIpc) is 3.13. The Kier molecular flexibility index (Phi) is 6.67. The Balaban J connectivity index is 0.000000229. The summed E-state index contributed by atoms with van der Waals surface area (Å²) in [5.74, 6) is -0.966. The minimum absolute atomic E-state index is 0.0671. The molecule has 31 heavy (non-hydrogen) atoms. The summed E-state index contributed by atoms with van der Waals surface area (Å²) < 4.78 is 0.984. The lowest BCUT2D eigenvalue weighted by atomic mass is 9.81. The van der Waals surface area contributed by atoms with Crippen LogP contribution in [0.1, 0.15) is 43.1 Å². The lowest BCUT2D eigenvalue weighted by molar-refractivity contribution is 0.0693. The van der Waals surface area contributed by atoms with Gasteiger partial charge in [-0.05, 0) is 66.0 Å². The highest BCUT2D eigenvalue weighted by atomic mass is 79.9. The highest BCUT2D eigenvalue weighted by molar-refractivity contribution is 9.10. The summed E-state index contributed by atoms with van der Waals surface area (Å²) in [6.45, 7) is 8.72. The van der Waals surface area contributed by atoms with Crippen molar-refractivity contribution in [2.24, 2.45) is 0 Å². The van der Waals surface area contributed by atoms with E-state index in [0.29, 0.717) is 11.9 Å². The smallest absolute Gasteiger partial charge is 0.339 e. The molecule has 2 atom stereocenters. The molecule has 0 radical (unpaired) electrons. The van der Waals surface area contributed by atoms with Crippen molar-refractivity contribution in [1.82, 2.24) is 4.90 Å². The highest BCUT2D eigenvalue weighted by Crippen LogP contribution is 2.54. The van der Waals surface area contributed by atoms with Gasteiger partial charge in [0.05, 0.1) is 11.9 Å². The number of anilines is 1. The van der Waals surface area contributed by atoms with E-state index in [-0.39, 0.29) is 16.7 Å². The Hall–Kier alpha value is -2.51. The third kappa shape index (κ3) is 4.43. The van der Waals surface area contributed by atoms with Crippen LogP contribution in [0.15, 0.2) is 52.5 Å². The quantitative estimate of drug-likeness (QED) is 0.530. The van der Waals surface area contributed by atoms with E-state index in [4.69, 9.17) is 10.2 Å². The molecule has 0 saturated carbocycles. The summed E-state index contributed by atoms with van der Waals surface area (Å²) in [6.07, 6.45) is 3.79. The fraction of sp³-hybridized carbons (Fsp3) is 0.375. The molecule has 2 aromatic rings. The number of benzene rings is 2. The zero-order valence-electron chi connectivity index (χ0n) is 18.3. The number of halogens is 1. The number of rotatable bonds is 3. The number of aromatic carboxylic acids is 1. The van der Waals surface area contributed by atoms with E-state index in [1.54, 1.807) is 18.2 Å². The Morgan fingerprint density at radius 3 is 2.52 bits per heavy atom. The average molecular weight is 489 g/mol. The van der Waals surface area contributed by atoms with Gasteiger partial charge in [0.2, 0.25) is 0 Å². The molecule has 4 rings (SSSR count). The number of phenols is 2. The minimum atomic E-state index is -1.11. The molecule has 7 heteroatoms. The number of aromatic hydroxyl groups is 2. The van der Waals surface area contributed by atoms with Crippen LogP contribution in [-0.4, -0.2) is 52.5 Å². The third-order valence-corrected chi connectivity index (χ3v) is 6.69. The van der Waals surface area contributed by atoms with Crippen molar-refractivity contribution < 1.29 is 20.1 Å². The van der Waals surface area contributed by atoms with E-state index in [9.17, 15) is 9.90 Å². The molecule has 0 aliphatic carbocycles. The van der Waals surface area contributed by atoms with Gasteiger partial charge in [-0.15, -0.1) is 0 Å². The van der Waals surface area contributed by atoms with Gasteiger partial charge in [-0.3, -0.25) is 4.90 Å². The predicted molar refractivity (Wildman–Crippen MR) is 126 cm³/mol. The number of carbonyl (C=O) groups is 1. The number of carboxylic acids is 1. The Labute approximate surface area is 191 Å². The molecule has 1 saturated heterocycles. The van der Waals surface area contributed by atoms with Crippen molar-refractivity contribution in [1.29, 1.82) is 0 Å². The van der Waals surface area contributed by atoms with Crippen molar-refractivity contribution in [3.63, 3.8) is 0 Å². The first-order valence-electron chi connectivity index (χ1n) is 10.2. The summed E-state index contributed by atoms with van der Waals surface area (Å²) in [6, 6.07) is 9.55. The van der Waals surface area contributed by atoms with Crippen LogP contribution in [0, 0.1) is 0 Å². The largest absolute Gasteiger partial charge is 0.508 e. The molecule has 3 N–H and O–H groups in total. The molecular formula is C24H29BrN2O4. The van der Waals surface area contributed by atoms with Crippen LogP contribution < -0.4 is 4.90 Å². The number of carboxylic acid groups (broad SMARTS) is 1. The minimum Gasteiger partial charge on any atom is -0.508 e. The molecule has 6 nitrogen and oxygen atoms in total. The standard InChI is InChI=1S/C17H23BrN2O.C7H6O3/c1-11(2)5-7-20-8-6-17(3)13-9-12(21)10-14(18)15(13)19(4)16(17)20;8-6-4-2-1-3-5(6)7(9)10/h5,9-10,16,21H,6-8H2,1-4H3;1-4,8H,(H,9,10). The predicted octanol–water partition coefficient (Wildman–Crippen LogP) is 4.95. The molecule has 2 aliphatic rings. The van der Waals surface area contributed by atoms with Gasteiger partial charge in [-0.2, -0.15) is 0 Å². The lowest BCUT2D eigenvalue weighted by Gasteiger charge is -2.34. The number of para-hydroxylation sites is 1. The SMILES string of the molecule is CC(C)=CCN1CCC2(C)c3cc(O)cc(Br)c3N(C)C12.O=C(O)c1ccccc1O. The van der Waals surface area contributed by atoms with Crippen LogP contribution in [0.25, 0.3) is 0 Å². The lowest BCUT2D eigenvalue weighted by Crippen LogP contribution is -2.47. The van der Waals surface area contributed by atoms with Crippen molar-refractivity contribution in [3.05, 3.63) is 63.6 Å². The van der Waals surface area contributed by atoms with Crippen molar-refractivity contribution in [3.8, 4) is 11.5 Å². The van der Waals surface area contributed by atoms with Crippen LogP contribution >= 0.6 is 15.9 Å². The maximum absolute atomic E-state index is 10.3. The number of allylic oxidation sites excluding steroid dienone is 1. The first-order valence-corrected chi connectivity index (χ1v) is 11.0.